The van der Waals surface area contributed by atoms with Crippen molar-refractivity contribution in [3.05, 3.63) is 30.0 Å². The molecule has 4 N–H and O–H groups in total. The molecular weight excluding hydrogens is 382 g/mol. The molecule has 4 rings (SSSR count). The Labute approximate surface area is 165 Å². The van der Waals surface area contributed by atoms with E-state index in [2.05, 4.69) is 10.3 Å². The quantitative estimate of drug-likeness (QED) is 0.607. The molecule has 0 radical (unpaired) electrons. The number of pyridine rings is 1. The summed E-state index contributed by atoms with van der Waals surface area (Å²) in [6.07, 6.45) is 3.95. The van der Waals surface area contributed by atoms with E-state index in [4.69, 9.17) is 15.2 Å². The lowest BCUT2D eigenvalue weighted by atomic mass is 9.83. The molecule has 2 fully saturated rings. The summed E-state index contributed by atoms with van der Waals surface area (Å²) in [7, 11) is 0. The van der Waals surface area contributed by atoms with Crippen LogP contribution in [0.4, 0.5) is 0 Å². The molecule has 8 nitrogen and oxygen atoms in total. The number of aliphatic hydroxyl groups is 1. The number of rotatable bonds is 6. The summed E-state index contributed by atoms with van der Waals surface area (Å²) in [4.78, 5) is 28.9. The number of carbonyl (C=O) groups excluding carboxylic acids is 2. The zero-order chi connectivity index (χ0) is 19.9. The van der Waals surface area contributed by atoms with Gasteiger partial charge in [0.25, 0.3) is 0 Å². The Bertz CT molecular complexity index is 947. The smallest absolute Gasteiger partial charge is 0.249 e. The molecule has 1 aromatic heterocycles. The number of fused-ring (bicyclic) bond motifs is 1. The molecule has 0 spiro atoms. The third-order valence-corrected chi connectivity index (χ3v) is 6.05. The third kappa shape index (κ3) is 3.30. The molecule has 0 aliphatic carbocycles. The maximum absolute atomic E-state index is 12.2. The molecule has 148 valence electrons. The minimum Gasteiger partial charge on any atom is -0.475 e. The Morgan fingerprint density at radius 1 is 1.50 bits per heavy atom. The monoisotopic (exact) mass is 403 g/mol. The molecule has 2 amide bonds. The molecule has 2 saturated heterocycles. The minimum absolute atomic E-state index is 0.180. The van der Waals surface area contributed by atoms with Gasteiger partial charge in [-0.05, 0) is 36.3 Å². The van der Waals surface area contributed by atoms with Crippen LogP contribution in [0.3, 0.4) is 0 Å². The summed E-state index contributed by atoms with van der Waals surface area (Å²) in [5.41, 5.74) is 4.85. The van der Waals surface area contributed by atoms with Crippen molar-refractivity contribution in [1.82, 2.24) is 10.3 Å². The van der Waals surface area contributed by atoms with Crippen molar-refractivity contribution >= 4 is 34.3 Å². The number of thioether (sulfide) groups is 1. The molecule has 1 unspecified atom stereocenters. The highest BCUT2D eigenvalue weighted by atomic mass is 32.2. The lowest BCUT2D eigenvalue weighted by Crippen LogP contribution is -2.57. The first-order chi connectivity index (χ1) is 13.4. The van der Waals surface area contributed by atoms with Crippen LogP contribution in [0.5, 0.6) is 5.88 Å². The predicted molar refractivity (Wildman–Crippen MR) is 103 cm³/mol. The highest BCUT2D eigenvalue weighted by Crippen LogP contribution is 2.34. The van der Waals surface area contributed by atoms with Gasteiger partial charge in [-0.3, -0.25) is 9.59 Å². The van der Waals surface area contributed by atoms with Crippen molar-refractivity contribution in [3.63, 3.8) is 0 Å². The topological polar surface area (TPSA) is 124 Å². The first-order valence-corrected chi connectivity index (χ1v) is 10.1. The zero-order valence-electron chi connectivity index (χ0n) is 15.3. The van der Waals surface area contributed by atoms with E-state index in [1.54, 1.807) is 18.3 Å². The molecule has 3 heterocycles. The SMILES string of the molecule is CSc1cc2c(OC[C@@H]3CC(C4(O)COC4)C(=O)N3)nccc2cc1C(N)=O. The number of nitrogens with two attached hydrogens (primary N) is 1. The average Bonchev–Trinajstić information content (AvgIpc) is 3.04. The Morgan fingerprint density at radius 2 is 2.29 bits per heavy atom. The van der Waals surface area contributed by atoms with Gasteiger partial charge in [0.2, 0.25) is 17.7 Å². The third-order valence-electron chi connectivity index (χ3n) is 5.27. The number of nitrogens with zero attached hydrogens (tertiary/aromatic N) is 1. The first-order valence-electron chi connectivity index (χ1n) is 8.91. The Balaban J connectivity index is 1.52. The van der Waals surface area contributed by atoms with Crippen LogP contribution in [0, 0.1) is 5.92 Å². The van der Waals surface area contributed by atoms with E-state index in [-0.39, 0.29) is 31.8 Å². The average molecular weight is 403 g/mol. The van der Waals surface area contributed by atoms with Gasteiger partial charge < -0.3 is 25.6 Å². The van der Waals surface area contributed by atoms with Crippen LogP contribution in [0.25, 0.3) is 10.8 Å². The van der Waals surface area contributed by atoms with E-state index in [0.29, 0.717) is 17.9 Å². The number of primary amides is 1. The summed E-state index contributed by atoms with van der Waals surface area (Å²) in [6.45, 7) is 0.601. The summed E-state index contributed by atoms with van der Waals surface area (Å²) >= 11 is 1.42. The molecule has 28 heavy (non-hydrogen) atoms. The van der Waals surface area contributed by atoms with Crippen LogP contribution in [0.15, 0.2) is 29.3 Å². The van der Waals surface area contributed by atoms with Gasteiger partial charge in [-0.2, -0.15) is 0 Å². The summed E-state index contributed by atoms with van der Waals surface area (Å²) in [5, 5.41) is 14.8. The van der Waals surface area contributed by atoms with Crippen molar-refractivity contribution in [1.29, 1.82) is 0 Å². The molecule has 0 bridgehead atoms. The number of carbonyl (C=O) groups is 2. The second kappa shape index (κ2) is 7.23. The fraction of sp³-hybridized carbons (Fsp3) is 0.421. The lowest BCUT2D eigenvalue weighted by molar-refractivity contribution is -0.205. The van der Waals surface area contributed by atoms with Crippen LogP contribution in [0.1, 0.15) is 16.8 Å². The van der Waals surface area contributed by atoms with Crippen molar-refractivity contribution in [2.75, 3.05) is 26.1 Å². The number of nitrogens with one attached hydrogen (secondary N) is 1. The molecule has 2 aromatic rings. The molecule has 1 aromatic carbocycles. The number of benzene rings is 1. The van der Waals surface area contributed by atoms with E-state index in [1.165, 1.54) is 11.8 Å². The van der Waals surface area contributed by atoms with Crippen LogP contribution in [-0.4, -0.2) is 59.6 Å². The zero-order valence-corrected chi connectivity index (χ0v) is 16.1. The highest BCUT2D eigenvalue weighted by molar-refractivity contribution is 7.98. The number of ether oxygens (including phenoxy) is 2. The van der Waals surface area contributed by atoms with E-state index in [0.717, 1.165) is 15.7 Å². The summed E-state index contributed by atoms with van der Waals surface area (Å²) < 4.78 is 11.0. The minimum atomic E-state index is -1.07. The Hall–Kier alpha value is -2.36. The largest absolute Gasteiger partial charge is 0.475 e. The Kier molecular flexibility index (Phi) is 4.90. The predicted octanol–water partition coefficient (Wildman–Crippen LogP) is 0.700. The van der Waals surface area contributed by atoms with Crippen LogP contribution < -0.4 is 15.8 Å². The maximum Gasteiger partial charge on any atom is 0.249 e. The van der Waals surface area contributed by atoms with Crippen molar-refractivity contribution < 1.29 is 24.2 Å². The van der Waals surface area contributed by atoms with E-state index in [1.807, 2.05) is 12.3 Å². The first kappa shape index (κ1) is 19.0. The van der Waals surface area contributed by atoms with E-state index >= 15 is 0 Å². The van der Waals surface area contributed by atoms with Crippen LogP contribution in [-0.2, 0) is 9.53 Å². The van der Waals surface area contributed by atoms with Crippen LogP contribution in [0.2, 0.25) is 0 Å². The van der Waals surface area contributed by atoms with Crippen molar-refractivity contribution in [2.24, 2.45) is 11.7 Å². The number of aromatic nitrogens is 1. The summed E-state index contributed by atoms with van der Waals surface area (Å²) in [6, 6.07) is 5.15. The fourth-order valence-electron chi connectivity index (χ4n) is 3.67. The van der Waals surface area contributed by atoms with Crippen molar-refractivity contribution in [3.8, 4) is 5.88 Å². The van der Waals surface area contributed by atoms with E-state index < -0.39 is 17.4 Å². The fourth-order valence-corrected chi connectivity index (χ4v) is 4.28. The summed E-state index contributed by atoms with van der Waals surface area (Å²) in [5.74, 6) is -0.729. The highest BCUT2D eigenvalue weighted by Gasteiger charge is 2.51. The van der Waals surface area contributed by atoms with Crippen LogP contribution >= 0.6 is 11.8 Å². The molecule has 0 saturated carbocycles. The van der Waals surface area contributed by atoms with Gasteiger partial charge >= 0.3 is 0 Å². The maximum atomic E-state index is 12.2. The van der Waals surface area contributed by atoms with Gasteiger partial charge in [0.1, 0.15) is 12.2 Å². The molecule has 2 aliphatic rings. The molecule has 9 heteroatoms. The molecule has 2 atom stereocenters. The standard InChI is InChI=1S/C19H21N3O5S/c1-28-15-6-12-10(4-13(15)16(20)23)2-3-21-18(12)27-7-11-5-14(17(24)22-11)19(25)8-26-9-19/h2-4,6,11,14,25H,5,7-9H2,1H3,(H2,20,23)(H,22,24)/t11-,14?/m0/s1. The number of amides is 2. The van der Waals surface area contributed by atoms with Gasteiger partial charge in [0, 0.05) is 16.5 Å². The second-order valence-corrected chi connectivity index (χ2v) is 8.00. The number of hydrogen-bond acceptors (Lipinski definition) is 7. The van der Waals surface area contributed by atoms with Crippen molar-refractivity contribution in [2.45, 2.75) is 23.0 Å². The lowest BCUT2D eigenvalue weighted by Gasteiger charge is -2.39. The normalized spacial score (nSPS) is 23.3. The molecular formula is C19H21N3O5S. The molecule has 2 aliphatic heterocycles. The van der Waals surface area contributed by atoms with Gasteiger partial charge in [-0.1, -0.05) is 0 Å². The van der Waals surface area contributed by atoms with Gasteiger partial charge in [0.05, 0.1) is 30.7 Å². The number of hydrogen-bond donors (Lipinski definition) is 3. The van der Waals surface area contributed by atoms with E-state index in [9.17, 15) is 14.7 Å². The second-order valence-electron chi connectivity index (χ2n) is 7.16. The van der Waals surface area contributed by atoms with Gasteiger partial charge in [0.15, 0.2) is 0 Å². The Morgan fingerprint density at radius 3 is 2.93 bits per heavy atom. The van der Waals surface area contributed by atoms with Gasteiger partial charge in [-0.25, -0.2) is 4.98 Å². The van der Waals surface area contributed by atoms with Gasteiger partial charge in [-0.15, -0.1) is 11.8 Å².